The maximum Gasteiger partial charge on any atom is 0.335 e. The summed E-state index contributed by atoms with van der Waals surface area (Å²) in [4.78, 5) is 15.5. The summed E-state index contributed by atoms with van der Waals surface area (Å²) in [6.45, 7) is 0. The minimum atomic E-state index is -0.966. The molecule has 2 aromatic carbocycles. The topological polar surface area (TPSA) is 50.2 Å². The van der Waals surface area contributed by atoms with E-state index in [1.807, 2.05) is 11.4 Å². The summed E-state index contributed by atoms with van der Waals surface area (Å²) in [5.74, 6) is -1.25. The van der Waals surface area contributed by atoms with Gasteiger partial charge in [-0.2, -0.15) is 0 Å². The van der Waals surface area contributed by atoms with Crippen LogP contribution in [0.3, 0.4) is 0 Å². The van der Waals surface area contributed by atoms with E-state index in [0.29, 0.717) is 0 Å². The van der Waals surface area contributed by atoms with Crippen LogP contribution < -0.4 is 0 Å². The fraction of sp³-hybridized carbons (Fsp3) is 0. The number of aromatic carboxylic acids is 1. The van der Waals surface area contributed by atoms with Crippen molar-refractivity contribution in [3.05, 3.63) is 65.3 Å². The molecule has 0 unspecified atom stereocenters. The fourth-order valence-electron chi connectivity index (χ4n) is 1.94. The molecule has 3 rings (SSSR count). The van der Waals surface area contributed by atoms with Crippen LogP contribution >= 0.6 is 11.3 Å². The van der Waals surface area contributed by atoms with Crippen LogP contribution in [0.15, 0.2) is 53.9 Å². The smallest absolute Gasteiger partial charge is 0.335 e. The third-order valence-electron chi connectivity index (χ3n) is 3.00. The van der Waals surface area contributed by atoms with E-state index < -0.39 is 5.97 Å². The maximum atomic E-state index is 12.9. The van der Waals surface area contributed by atoms with Gasteiger partial charge in [-0.25, -0.2) is 14.2 Å². The summed E-state index contributed by atoms with van der Waals surface area (Å²) in [6, 6.07) is 12.8. The molecule has 0 amide bonds. The molecule has 0 aliphatic carbocycles. The van der Waals surface area contributed by atoms with Gasteiger partial charge in [0.05, 0.1) is 11.3 Å². The highest BCUT2D eigenvalue weighted by atomic mass is 32.1. The van der Waals surface area contributed by atoms with Crippen LogP contribution in [0.2, 0.25) is 0 Å². The first-order chi connectivity index (χ1) is 10.1. The predicted octanol–water partition coefficient (Wildman–Crippen LogP) is 4.31. The van der Waals surface area contributed by atoms with Gasteiger partial charge in [0, 0.05) is 16.5 Å². The summed E-state index contributed by atoms with van der Waals surface area (Å²) in [5.41, 5.74) is 2.56. The van der Waals surface area contributed by atoms with E-state index in [0.717, 1.165) is 21.8 Å². The van der Waals surface area contributed by atoms with Crippen molar-refractivity contribution in [1.29, 1.82) is 0 Å². The number of hydrogen-bond acceptors (Lipinski definition) is 3. The molecule has 3 nitrogen and oxygen atoms in total. The van der Waals surface area contributed by atoms with E-state index in [4.69, 9.17) is 5.11 Å². The predicted molar refractivity (Wildman–Crippen MR) is 79.9 cm³/mol. The molecule has 1 heterocycles. The van der Waals surface area contributed by atoms with Crippen molar-refractivity contribution in [3.63, 3.8) is 0 Å². The molecule has 21 heavy (non-hydrogen) atoms. The summed E-state index contributed by atoms with van der Waals surface area (Å²) in [7, 11) is 0. The summed E-state index contributed by atoms with van der Waals surface area (Å²) < 4.78 is 12.9. The van der Waals surface area contributed by atoms with Gasteiger partial charge < -0.3 is 5.11 Å². The first-order valence-corrected chi connectivity index (χ1v) is 7.06. The molecule has 0 aliphatic rings. The summed E-state index contributed by atoms with van der Waals surface area (Å²) >= 11 is 1.42. The standard InChI is InChI=1S/C16H10FNO2S/c17-13-6-4-10(5-7-13)14-9-21-15(18-14)11-2-1-3-12(8-11)16(19)20/h1-9H,(H,19,20). The van der Waals surface area contributed by atoms with E-state index in [1.165, 1.54) is 23.5 Å². The van der Waals surface area contributed by atoms with Crippen molar-refractivity contribution in [2.75, 3.05) is 0 Å². The van der Waals surface area contributed by atoms with Gasteiger partial charge in [0.1, 0.15) is 10.8 Å². The summed E-state index contributed by atoms with van der Waals surface area (Å²) in [5, 5.41) is 11.6. The fourth-order valence-corrected chi connectivity index (χ4v) is 2.77. The largest absolute Gasteiger partial charge is 0.478 e. The Bertz CT molecular complexity index is 796. The Labute approximate surface area is 124 Å². The number of rotatable bonds is 3. The normalized spacial score (nSPS) is 10.5. The summed E-state index contributed by atoms with van der Waals surface area (Å²) in [6.07, 6.45) is 0. The third kappa shape index (κ3) is 2.83. The molecule has 0 bridgehead atoms. The highest BCUT2D eigenvalue weighted by Crippen LogP contribution is 2.29. The van der Waals surface area contributed by atoms with Crippen molar-refractivity contribution in [3.8, 4) is 21.8 Å². The molecule has 0 saturated heterocycles. The lowest BCUT2D eigenvalue weighted by Crippen LogP contribution is -1.95. The average molecular weight is 299 g/mol. The first-order valence-electron chi connectivity index (χ1n) is 6.19. The molecule has 5 heteroatoms. The van der Waals surface area contributed by atoms with Crippen LogP contribution in [-0.2, 0) is 0 Å². The second kappa shape index (κ2) is 5.46. The minimum absolute atomic E-state index is 0.228. The second-order valence-electron chi connectivity index (χ2n) is 4.43. The Balaban J connectivity index is 1.96. The number of benzene rings is 2. The Morgan fingerprint density at radius 3 is 2.57 bits per heavy atom. The number of carboxylic acids is 1. The first kappa shape index (κ1) is 13.5. The number of hydrogen-bond donors (Lipinski definition) is 1. The van der Waals surface area contributed by atoms with Crippen LogP contribution in [0.5, 0.6) is 0 Å². The number of carboxylic acid groups (broad SMARTS) is 1. The highest BCUT2D eigenvalue weighted by molar-refractivity contribution is 7.13. The van der Waals surface area contributed by atoms with E-state index in [-0.39, 0.29) is 11.4 Å². The van der Waals surface area contributed by atoms with Gasteiger partial charge in [-0.15, -0.1) is 11.3 Å². The number of halogens is 1. The maximum absolute atomic E-state index is 12.9. The molecule has 0 spiro atoms. The Morgan fingerprint density at radius 1 is 1.10 bits per heavy atom. The minimum Gasteiger partial charge on any atom is -0.478 e. The molecule has 1 N–H and O–H groups in total. The quantitative estimate of drug-likeness (QED) is 0.783. The molecule has 0 radical (unpaired) electrons. The van der Waals surface area contributed by atoms with E-state index in [1.54, 1.807) is 30.3 Å². The van der Waals surface area contributed by atoms with Crippen molar-refractivity contribution < 1.29 is 14.3 Å². The average Bonchev–Trinajstić information content (AvgIpc) is 2.98. The second-order valence-corrected chi connectivity index (χ2v) is 5.29. The van der Waals surface area contributed by atoms with E-state index in [2.05, 4.69) is 4.98 Å². The van der Waals surface area contributed by atoms with E-state index >= 15 is 0 Å². The van der Waals surface area contributed by atoms with Gasteiger partial charge in [0.2, 0.25) is 0 Å². The zero-order valence-electron chi connectivity index (χ0n) is 10.8. The number of thiazole rings is 1. The molecule has 0 fully saturated rings. The molecule has 0 atom stereocenters. The van der Waals surface area contributed by atoms with Gasteiger partial charge >= 0.3 is 5.97 Å². The van der Waals surface area contributed by atoms with Crippen LogP contribution in [0.25, 0.3) is 21.8 Å². The van der Waals surface area contributed by atoms with E-state index in [9.17, 15) is 9.18 Å². The Morgan fingerprint density at radius 2 is 1.86 bits per heavy atom. The molecule has 0 saturated carbocycles. The lowest BCUT2D eigenvalue weighted by molar-refractivity contribution is 0.0697. The molecule has 0 aliphatic heterocycles. The van der Waals surface area contributed by atoms with Crippen molar-refractivity contribution >= 4 is 17.3 Å². The Hall–Kier alpha value is -2.53. The van der Waals surface area contributed by atoms with Gasteiger partial charge in [0.25, 0.3) is 0 Å². The third-order valence-corrected chi connectivity index (χ3v) is 3.89. The van der Waals surface area contributed by atoms with Crippen LogP contribution in [0, 0.1) is 5.82 Å². The SMILES string of the molecule is O=C(O)c1cccc(-c2nc(-c3ccc(F)cc3)cs2)c1. The number of aromatic nitrogens is 1. The van der Waals surface area contributed by atoms with Crippen LogP contribution in [0.1, 0.15) is 10.4 Å². The zero-order valence-corrected chi connectivity index (χ0v) is 11.6. The van der Waals surface area contributed by atoms with Gasteiger partial charge in [0.15, 0.2) is 0 Å². The highest BCUT2D eigenvalue weighted by Gasteiger charge is 2.09. The van der Waals surface area contributed by atoms with Crippen molar-refractivity contribution in [2.45, 2.75) is 0 Å². The molecule has 104 valence electrons. The van der Waals surface area contributed by atoms with Gasteiger partial charge in [-0.3, -0.25) is 0 Å². The van der Waals surface area contributed by atoms with Crippen LogP contribution in [0.4, 0.5) is 4.39 Å². The van der Waals surface area contributed by atoms with Crippen LogP contribution in [-0.4, -0.2) is 16.1 Å². The van der Waals surface area contributed by atoms with Gasteiger partial charge in [-0.05, 0) is 36.4 Å². The number of carbonyl (C=O) groups is 1. The Kier molecular flexibility index (Phi) is 3.50. The monoisotopic (exact) mass is 299 g/mol. The zero-order chi connectivity index (χ0) is 14.8. The lowest BCUT2D eigenvalue weighted by atomic mass is 10.1. The van der Waals surface area contributed by atoms with Crippen molar-refractivity contribution in [2.24, 2.45) is 0 Å². The lowest BCUT2D eigenvalue weighted by Gasteiger charge is -1.99. The molecule has 1 aromatic heterocycles. The van der Waals surface area contributed by atoms with Crippen molar-refractivity contribution in [1.82, 2.24) is 4.98 Å². The number of nitrogens with zero attached hydrogens (tertiary/aromatic N) is 1. The van der Waals surface area contributed by atoms with Gasteiger partial charge in [-0.1, -0.05) is 12.1 Å². The molecule has 3 aromatic rings. The molecular formula is C16H10FNO2S. The molecular weight excluding hydrogens is 289 g/mol.